The number of thiophene rings is 2. The molecule has 5 rings (SSSR count). The molecule has 0 unspecified atom stereocenters. The summed E-state index contributed by atoms with van der Waals surface area (Å²) in [4.78, 5) is 10.7. The number of fused-ring (bicyclic) bond motifs is 1. The number of hydrogen-bond donors (Lipinski definition) is 1. The lowest BCUT2D eigenvalue weighted by Crippen LogP contribution is -2.08. The maximum atomic E-state index is 4.86. The Morgan fingerprint density at radius 1 is 1.04 bits per heavy atom. The van der Waals surface area contributed by atoms with Crippen LogP contribution in [0.4, 0.5) is 5.82 Å². The van der Waals surface area contributed by atoms with Gasteiger partial charge in [-0.2, -0.15) is 11.3 Å². The molecule has 1 N–H and O–H groups in total. The van der Waals surface area contributed by atoms with Gasteiger partial charge in [0.05, 0.1) is 11.9 Å². The van der Waals surface area contributed by atoms with E-state index in [0.717, 1.165) is 44.4 Å². The zero-order valence-electron chi connectivity index (χ0n) is 15.0. The van der Waals surface area contributed by atoms with Crippen LogP contribution < -0.4 is 5.32 Å². The fraction of sp³-hybridized carbons (Fsp3) is 0.100. The van der Waals surface area contributed by atoms with Crippen LogP contribution in [0.5, 0.6) is 0 Å². The zero-order chi connectivity index (χ0) is 18.9. The van der Waals surface area contributed by atoms with Crippen molar-refractivity contribution in [2.75, 3.05) is 5.32 Å². The summed E-state index contributed by atoms with van der Waals surface area (Å²) in [5, 5.41) is 18.9. The highest BCUT2D eigenvalue weighted by Crippen LogP contribution is 2.38. The van der Waals surface area contributed by atoms with Crippen molar-refractivity contribution in [3.8, 4) is 22.5 Å². The van der Waals surface area contributed by atoms with E-state index in [-0.39, 0.29) is 0 Å². The minimum Gasteiger partial charge on any atom is -0.362 e. The Bertz CT molecular complexity index is 1220. The van der Waals surface area contributed by atoms with Crippen molar-refractivity contribution >= 4 is 38.7 Å². The molecule has 0 bridgehead atoms. The van der Waals surface area contributed by atoms with Gasteiger partial charge >= 0.3 is 0 Å². The van der Waals surface area contributed by atoms with Gasteiger partial charge in [0.1, 0.15) is 17.0 Å². The predicted octanol–water partition coefficient (Wildman–Crippen LogP) is 4.83. The highest BCUT2D eigenvalue weighted by Gasteiger charge is 2.17. The van der Waals surface area contributed by atoms with Crippen LogP contribution in [0.1, 0.15) is 5.82 Å². The highest BCUT2D eigenvalue weighted by atomic mass is 32.1. The topological polar surface area (TPSA) is 68.5 Å². The summed E-state index contributed by atoms with van der Waals surface area (Å²) < 4.78 is 1.90. The van der Waals surface area contributed by atoms with E-state index in [1.807, 2.05) is 41.3 Å². The van der Waals surface area contributed by atoms with Crippen LogP contribution >= 0.6 is 22.7 Å². The normalized spacial score (nSPS) is 11.2. The SMILES string of the molecule is Cn1cnnc1CNc1nc(-c2ccsc2)nc2scc(-c3ccccc3)c12. The second-order valence-electron chi connectivity index (χ2n) is 6.32. The number of aryl methyl sites for hydroxylation is 1. The predicted molar refractivity (Wildman–Crippen MR) is 114 cm³/mol. The Kier molecular flexibility index (Phi) is 4.34. The van der Waals surface area contributed by atoms with E-state index >= 15 is 0 Å². The second-order valence-corrected chi connectivity index (χ2v) is 7.95. The number of rotatable bonds is 5. The van der Waals surface area contributed by atoms with E-state index in [0.29, 0.717) is 6.54 Å². The van der Waals surface area contributed by atoms with Gasteiger partial charge in [0.25, 0.3) is 0 Å². The van der Waals surface area contributed by atoms with Crippen LogP contribution in [0.2, 0.25) is 0 Å². The molecule has 28 heavy (non-hydrogen) atoms. The quantitative estimate of drug-likeness (QED) is 0.454. The van der Waals surface area contributed by atoms with Crippen LogP contribution in [0.25, 0.3) is 32.7 Å². The van der Waals surface area contributed by atoms with Crippen molar-refractivity contribution in [3.63, 3.8) is 0 Å². The molecular weight excluding hydrogens is 388 g/mol. The number of hydrogen-bond acceptors (Lipinski definition) is 7. The summed E-state index contributed by atoms with van der Waals surface area (Å²) in [6.45, 7) is 0.537. The van der Waals surface area contributed by atoms with E-state index in [1.54, 1.807) is 29.0 Å². The average Bonchev–Trinajstić information content (AvgIpc) is 3.47. The molecule has 138 valence electrons. The lowest BCUT2D eigenvalue weighted by molar-refractivity contribution is 0.811. The van der Waals surface area contributed by atoms with Gasteiger partial charge < -0.3 is 9.88 Å². The van der Waals surface area contributed by atoms with Gasteiger partial charge in [-0.25, -0.2) is 9.97 Å². The van der Waals surface area contributed by atoms with Crippen molar-refractivity contribution in [2.24, 2.45) is 7.05 Å². The van der Waals surface area contributed by atoms with Gasteiger partial charge in [0.15, 0.2) is 11.6 Å². The first-order valence-corrected chi connectivity index (χ1v) is 10.6. The number of aromatic nitrogens is 5. The summed E-state index contributed by atoms with van der Waals surface area (Å²) in [6.07, 6.45) is 1.70. The van der Waals surface area contributed by atoms with Gasteiger partial charge in [-0.1, -0.05) is 30.3 Å². The Balaban J connectivity index is 1.65. The van der Waals surface area contributed by atoms with Crippen molar-refractivity contribution in [1.29, 1.82) is 0 Å². The minimum absolute atomic E-state index is 0.537. The van der Waals surface area contributed by atoms with Gasteiger partial charge in [-0.05, 0) is 17.0 Å². The zero-order valence-corrected chi connectivity index (χ0v) is 16.7. The Morgan fingerprint density at radius 2 is 1.93 bits per heavy atom. The number of benzene rings is 1. The van der Waals surface area contributed by atoms with Crippen LogP contribution in [-0.4, -0.2) is 24.7 Å². The third kappa shape index (κ3) is 3.06. The van der Waals surface area contributed by atoms with E-state index in [4.69, 9.17) is 9.97 Å². The molecule has 0 amide bonds. The number of nitrogens with one attached hydrogen (secondary N) is 1. The standard InChI is InChI=1S/C20H16N6S2/c1-26-12-22-25-16(26)9-21-19-17-15(13-5-3-2-4-6-13)11-28-20(17)24-18(23-19)14-7-8-27-10-14/h2-8,10-12H,9H2,1H3,(H,21,23,24). The Morgan fingerprint density at radius 3 is 2.68 bits per heavy atom. The summed E-state index contributed by atoms with van der Waals surface area (Å²) in [5.41, 5.74) is 3.32. The van der Waals surface area contributed by atoms with E-state index < -0.39 is 0 Å². The molecule has 0 saturated carbocycles. The molecule has 0 radical (unpaired) electrons. The summed E-state index contributed by atoms with van der Waals surface area (Å²) in [7, 11) is 1.93. The van der Waals surface area contributed by atoms with Crippen LogP contribution in [0.15, 0.2) is 58.9 Å². The molecule has 0 aliphatic carbocycles. The van der Waals surface area contributed by atoms with Crippen molar-refractivity contribution < 1.29 is 0 Å². The molecule has 0 aliphatic rings. The number of nitrogens with zero attached hydrogens (tertiary/aromatic N) is 5. The molecule has 4 heterocycles. The molecule has 6 nitrogen and oxygen atoms in total. The Hall–Kier alpha value is -3.10. The summed E-state index contributed by atoms with van der Waals surface area (Å²) >= 11 is 3.28. The lowest BCUT2D eigenvalue weighted by atomic mass is 10.1. The minimum atomic E-state index is 0.537. The average molecular weight is 405 g/mol. The molecular formula is C20H16N6S2. The fourth-order valence-electron chi connectivity index (χ4n) is 3.05. The van der Waals surface area contributed by atoms with E-state index in [2.05, 4.69) is 38.4 Å². The first-order valence-electron chi connectivity index (χ1n) is 8.73. The third-order valence-electron chi connectivity index (χ3n) is 4.52. The van der Waals surface area contributed by atoms with Crippen LogP contribution in [0.3, 0.4) is 0 Å². The first kappa shape index (κ1) is 17.0. The van der Waals surface area contributed by atoms with Crippen molar-refractivity contribution in [3.05, 3.63) is 64.7 Å². The smallest absolute Gasteiger partial charge is 0.163 e. The van der Waals surface area contributed by atoms with Crippen molar-refractivity contribution in [2.45, 2.75) is 6.54 Å². The number of anilines is 1. The maximum absolute atomic E-state index is 4.86. The molecule has 8 heteroatoms. The monoisotopic (exact) mass is 404 g/mol. The lowest BCUT2D eigenvalue weighted by Gasteiger charge is -2.10. The molecule has 4 aromatic heterocycles. The highest BCUT2D eigenvalue weighted by molar-refractivity contribution is 7.17. The molecule has 0 saturated heterocycles. The molecule has 0 aliphatic heterocycles. The van der Waals surface area contributed by atoms with Gasteiger partial charge in [0.2, 0.25) is 0 Å². The third-order valence-corrected chi connectivity index (χ3v) is 6.07. The largest absolute Gasteiger partial charge is 0.362 e. The molecule has 1 aromatic carbocycles. The second kappa shape index (κ2) is 7.14. The van der Waals surface area contributed by atoms with Crippen LogP contribution in [0, 0.1) is 0 Å². The van der Waals surface area contributed by atoms with E-state index in [1.165, 1.54) is 0 Å². The van der Waals surface area contributed by atoms with Crippen molar-refractivity contribution in [1.82, 2.24) is 24.7 Å². The molecule has 0 atom stereocenters. The van der Waals surface area contributed by atoms with Crippen LogP contribution in [-0.2, 0) is 13.6 Å². The van der Waals surface area contributed by atoms with E-state index in [9.17, 15) is 0 Å². The van der Waals surface area contributed by atoms with Gasteiger partial charge in [-0.3, -0.25) is 0 Å². The molecule has 0 spiro atoms. The van der Waals surface area contributed by atoms with Gasteiger partial charge in [-0.15, -0.1) is 21.5 Å². The first-order chi connectivity index (χ1) is 13.8. The Labute approximate surface area is 169 Å². The summed E-state index contributed by atoms with van der Waals surface area (Å²) in [5.74, 6) is 2.39. The van der Waals surface area contributed by atoms with Gasteiger partial charge in [0, 0.05) is 28.9 Å². The molecule has 5 aromatic rings. The summed E-state index contributed by atoms with van der Waals surface area (Å²) in [6, 6.07) is 12.4. The molecule has 0 fully saturated rings. The maximum Gasteiger partial charge on any atom is 0.163 e. The fourth-order valence-corrected chi connectivity index (χ4v) is 4.63.